The van der Waals surface area contributed by atoms with E-state index in [9.17, 15) is 9.59 Å². The number of hydrogen-bond acceptors (Lipinski definition) is 2. The lowest BCUT2D eigenvalue weighted by molar-refractivity contribution is -1.03. The molecule has 0 saturated carbocycles. The number of nitrogens with one attached hydrogen (secondary N) is 2. The molecule has 2 aromatic rings. The normalized spacial score (nSPS) is 29.2. The first-order valence-electron chi connectivity index (χ1n) is 11.3. The van der Waals surface area contributed by atoms with Crippen LogP contribution in [-0.4, -0.2) is 50.1 Å². The Hall–Kier alpha value is -2.50. The van der Waals surface area contributed by atoms with E-state index >= 15 is 0 Å². The molecule has 2 aromatic carbocycles. The molecule has 2 amide bonds. The van der Waals surface area contributed by atoms with Crippen molar-refractivity contribution >= 4 is 17.5 Å². The molecule has 0 spiro atoms. The maximum atomic E-state index is 13.1. The van der Waals surface area contributed by atoms with Gasteiger partial charge in [-0.05, 0) is 36.6 Å². The zero-order chi connectivity index (χ0) is 20.7. The summed E-state index contributed by atoms with van der Waals surface area (Å²) in [5.41, 5.74) is 4.87. The van der Waals surface area contributed by atoms with Gasteiger partial charge in [-0.25, -0.2) is 4.90 Å². The van der Waals surface area contributed by atoms with Crippen LogP contribution in [0.5, 0.6) is 0 Å². The Bertz CT molecular complexity index is 947. The van der Waals surface area contributed by atoms with Crippen molar-refractivity contribution in [3.63, 3.8) is 0 Å². The van der Waals surface area contributed by atoms with Gasteiger partial charge in [0.25, 0.3) is 5.91 Å². The fourth-order valence-corrected chi connectivity index (χ4v) is 5.61. The third-order valence-electron chi connectivity index (χ3n) is 7.39. The Morgan fingerprint density at radius 3 is 2.23 bits per heavy atom. The molecular weight excluding hydrogens is 374 g/mol. The zero-order valence-electron chi connectivity index (χ0n) is 17.7. The lowest BCUT2D eigenvalue weighted by Crippen LogP contribution is -3.31. The van der Waals surface area contributed by atoms with Crippen molar-refractivity contribution < 1.29 is 19.4 Å². The summed E-state index contributed by atoms with van der Waals surface area (Å²) in [7, 11) is 0. The van der Waals surface area contributed by atoms with Gasteiger partial charge in [-0.15, -0.1) is 0 Å². The predicted octanol–water partition coefficient (Wildman–Crippen LogP) is -0.0322. The lowest BCUT2D eigenvalue weighted by Gasteiger charge is -2.37. The second-order valence-corrected chi connectivity index (χ2v) is 9.18. The fourth-order valence-electron chi connectivity index (χ4n) is 5.61. The minimum atomic E-state index is -0.215. The molecule has 2 fully saturated rings. The Morgan fingerprint density at radius 1 is 0.833 bits per heavy atom. The van der Waals surface area contributed by atoms with Crippen LogP contribution in [0.4, 0.5) is 5.69 Å². The van der Waals surface area contributed by atoms with Crippen LogP contribution in [0, 0.1) is 6.92 Å². The van der Waals surface area contributed by atoms with Crippen molar-refractivity contribution in [3.05, 3.63) is 65.2 Å². The summed E-state index contributed by atoms with van der Waals surface area (Å²) in [6.45, 7) is 6.13. The van der Waals surface area contributed by atoms with E-state index < -0.39 is 0 Å². The number of fused-ring (bicyclic) bond motifs is 1. The van der Waals surface area contributed by atoms with Crippen LogP contribution in [0.1, 0.15) is 29.5 Å². The summed E-state index contributed by atoms with van der Waals surface area (Å²) >= 11 is 0. The molecule has 2 atom stereocenters. The van der Waals surface area contributed by atoms with Crippen molar-refractivity contribution in [2.24, 2.45) is 0 Å². The number of rotatable bonds is 3. The highest BCUT2D eigenvalue weighted by Crippen LogP contribution is 2.22. The van der Waals surface area contributed by atoms with Crippen molar-refractivity contribution in [1.82, 2.24) is 0 Å². The third kappa shape index (κ3) is 3.57. The first-order valence-corrected chi connectivity index (χ1v) is 11.3. The van der Waals surface area contributed by atoms with E-state index in [2.05, 4.69) is 24.3 Å². The summed E-state index contributed by atoms with van der Waals surface area (Å²) in [4.78, 5) is 30.1. The minimum absolute atomic E-state index is 0.0195. The van der Waals surface area contributed by atoms with Gasteiger partial charge in [-0.3, -0.25) is 9.59 Å². The molecule has 2 aliphatic heterocycles. The topological polar surface area (TPSA) is 46.3 Å². The van der Waals surface area contributed by atoms with Gasteiger partial charge in [0.15, 0.2) is 6.04 Å². The molecule has 30 heavy (non-hydrogen) atoms. The number of hydrogen-bond donors (Lipinski definition) is 2. The number of nitrogens with zero attached hydrogens (tertiary/aromatic N) is 1. The van der Waals surface area contributed by atoms with E-state index in [1.807, 2.05) is 31.2 Å². The minimum Gasteiger partial charge on any atom is -0.323 e. The van der Waals surface area contributed by atoms with Gasteiger partial charge in [0.2, 0.25) is 5.91 Å². The van der Waals surface area contributed by atoms with Gasteiger partial charge in [0.1, 0.15) is 26.2 Å². The van der Waals surface area contributed by atoms with Gasteiger partial charge in [-0.2, -0.15) is 0 Å². The van der Waals surface area contributed by atoms with E-state index in [0.717, 1.165) is 31.7 Å². The molecule has 0 unspecified atom stereocenters. The fraction of sp³-hybridized carbons (Fsp3) is 0.440. The number of imide groups is 1. The van der Waals surface area contributed by atoms with Crippen LogP contribution in [0.15, 0.2) is 48.5 Å². The SMILES string of the molecule is Cc1ccc(N2C(=O)C[C@H]([NH+]3CC[NH+]([C@@H]4CCc5ccccc5C4)CC3)C2=O)cc1. The molecule has 2 N–H and O–H groups in total. The highest BCUT2D eigenvalue weighted by Gasteiger charge is 2.47. The molecule has 5 heteroatoms. The summed E-state index contributed by atoms with van der Waals surface area (Å²) in [5.74, 6) is -0.0751. The number of piperazine rings is 1. The predicted molar refractivity (Wildman–Crippen MR) is 116 cm³/mol. The molecule has 2 saturated heterocycles. The van der Waals surface area contributed by atoms with E-state index in [1.165, 1.54) is 40.2 Å². The summed E-state index contributed by atoms with van der Waals surface area (Å²) < 4.78 is 0. The number of quaternary nitrogens is 2. The molecule has 0 radical (unpaired) electrons. The maximum absolute atomic E-state index is 13.1. The number of anilines is 1. The zero-order valence-corrected chi connectivity index (χ0v) is 17.7. The van der Waals surface area contributed by atoms with E-state index in [1.54, 1.807) is 4.90 Å². The van der Waals surface area contributed by atoms with Crippen LogP contribution in [0.3, 0.4) is 0 Å². The quantitative estimate of drug-likeness (QED) is 0.705. The smallest absolute Gasteiger partial charge is 0.292 e. The Labute approximate surface area is 178 Å². The molecule has 2 heterocycles. The molecule has 156 valence electrons. The Morgan fingerprint density at radius 2 is 1.50 bits per heavy atom. The molecule has 1 aliphatic carbocycles. The first kappa shape index (κ1) is 19.5. The number of carbonyl (C=O) groups excluding carboxylic acids is 2. The summed E-state index contributed by atoms with van der Waals surface area (Å²) in [6, 6.07) is 17.0. The van der Waals surface area contributed by atoms with Crippen LogP contribution in [0.25, 0.3) is 0 Å². The Kier molecular flexibility index (Phi) is 5.17. The molecule has 0 bridgehead atoms. The average molecular weight is 406 g/mol. The summed E-state index contributed by atoms with van der Waals surface area (Å²) in [6.07, 6.45) is 3.95. The molecular formula is C25H31N3O2+2. The first-order chi connectivity index (χ1) is 14.6. The third-order valence-corrected chi connectivity index (χ3v) is 7.39. The van der Waals surface area contributed by atoms with Crippen LogP contribution in [-0.2, 0) is 22.4 Å². The highest BCUT2D eigenvalue weighted by molar-refractivity contribution is 6.21. The van der Waals surface area contributed by atoms with Gasteiger partial charge in [0, 0.05) is 12.8 Å². The van der Waals surface area contributed by atoms with Crippen LogP contribution in [0.2, 0.25) is 0 Å². The van der Waals surface area contributed by atoms with E-state index in [-0.39, 0.29) is 17.9 Å². The van der Waals surface area contributed by atoms with Gasteiger partial charge in [-0.1, -0.05) is 42.0 Å². The van der Waals surface area contributed by atoms with Crippen molar-refractivity contribution in [2.45, 2.75) is 44.7 Å². The summed E-state index contributed by atoms with van der Waals surface area (Å²) in [5, 5.41) is 0. The lowest BCUT2D eigenvalue weighted by atomic mass is 9.87. The Balaban J connectivity index is 1.21. The second kappa shape index (κ2) is 7.97. The molecule has 0 aromatic heterocycles. The van der Waals surface area contributed by atoms with Gasteiger partial charge in [0.05, 0.1) is 18.2 Å². The van der Waals surface area contributed by atoms with Crippen molar-refractivity contribution in [3.8, 4) is 0 Å². The van der Waals surface area contributed by atoms with Crippen molar-refractivity contribution in [2.75, 3.05) is 31.1 Å². The molecule has 5 rings (SSSR count). The van der Waals surface area contributed by atoms with Crippen LogP contribution < -0.4 is 14.7 Å². The monoisotopic (exact) mass is 405 g/mol. The average Bonchev–Trinajstić information content (AvgIpc) is 3.08. The maximum Gasteiger partial charge on any atom is 0.292 e. The number of aryl methyl sites for hydroxylation is 2. The largest absolute Gasteiger partial charge is 0.323 e. The molecule has 3 aliphatic rings. The number of carbonyl (C=O) groups is 2. The van der Waals surface area contributed by atoms with E-state index in [0.29, 0.717) is 18.2 Å². The van der Waals surface area contributed by atoms with Crippen molar-refractivity contribution in [1.29, 1.82) is 0 Å². The second-order valence-electron chi connectivity index (χ2n) is 9.18. The molecule has 5 nitrogen and oxygen atoms in total. The standard InChI is InChI=1S/C25H29N3O2/c1-18-6-9-21(10-7-18)28-24(29)17-23(25(28)30)27-14-12-26(13-15-27)22-11-8-19-4-2-3-5-20(19)16-22/h2-7,9-10,22-23H,8,11-17H2,1H3/p+2/t22-,23+/m1/s1. The van der Waals surface area contributed by atoms with Crippen LogP contribution >= 0.6 is 0 Å². The van der Waals surface area contributed by atoms with Gasteiger partial charge >= 0.3 is 0 Å². The number of amides is 2. The number of benzene rings is 2. The van der Waals surface area contributed by atoms with Gasteiger partial charge < -0.3 is 9.80 Å². The highest BCUT2D eigenvalue weighted by atomic mass is 16.2. The van der Waals surface area contributed by atoms with E-state index in [4.69, 9.17) is 0 Å².